The quantitative estimate of drug-likeness (QED) is 0.397. The first kappa shape index (κ1) is 16.8. The zero-order valence-electron chi connectivity index (χ0n) is 11.1. The fraction of sp³-hybridized carbons (Fsp3) is 0.500. The second kappa shape index (κ2) is 8.11. The average molecular weight is 295 g/mol. The van der Waals surface area contributed by atoms with Crippen LogP contribution < -0.4 is 10.2 Å². The summed E-state index contributed by atoms with van der Waals surface area (Å²) >= 11 is 0. The molecule has 20 heavy (non-hydrogen) atoms. The summed E-state index contributed by atoms with van der Waals surface area (Å²) in [5.74, 6) is -1.28. The molecular formula is C12H16BF4O3-. The zero-order chi connectivity index (χ0) is 15.0. The van der Waals surface area contributed by atoms with Crippen molar-refractivity contribution in [3.63, 3.8) is 0 Å². The van der Waals surface area contributed by atoms with Crippen LogP contribution in [0.4, 0.5) is 17.3 Å². The van der Waals surface area contributed by atoms with E-state index in [2.05, 4.69) is 0 Å². The number of ether oxygens (including phenoxy) is 3. The van der Waals surface area contributed by atoms with Crippen LogP contribution in [0.5, 0.6) is 5.75 Å². The summed E-state index contributed by atoms with van der Waals surface area (Å²) in [6, 6.07) is 2.51. The summed E-state index contributed by atoms with van der Waals surface area (Å²) in [5, 5.41) is 0. The van der Waals surface area contributed by atoms with E-state index in [1.54, 1.807) is 7.11 Å². The topological polar surface area (TPSA) is 27.7 Å². The molecule has 0 amide bonds. The standard InChI is InChI=1S/C12H16BF4O3/c1-18-5-2-6-19-7-8-20-10-3-4-11(12(14)9-10)13(15,16)17/h3-4,9H,2,5-8H2,1H3/q-1. The van der Waals surface area contributed by atoms with Gasteiger partial charge in [0.15, 0.2) is 0 Å². The highest BCUT2D eigenvalue weighted by Crippen LogP contribution is 2.16. The highest BCUT2D eigenvalue weighted by Gasteiger charge is 2.28. The Balaban J connectivity index is 2.33. The van der Waals surface area contributed by atoms with Gasteiger partial charge in [-0.3, -0.25) is 0 Å². The summed E-state index contributed by atoms with van der Waals surface area (Å²) in [5.41, 5.74) is -1.24. The summed E-state index contributed by atoms with van der Waals surface area (Å²) in [7, 11) is 1.59. The Labute approximate surface area is 114 Å². The van der Waals surface area contributed by atoms with Crippen molar-refractivity contribution >= 4 is 12.4 Å². The van der Waals surface area contributed by atoms with Crippen molar-refractivity contribution in [2.75, 3.05) is 33.5 Å². The minimum absolute atomic E-state index is 0.0480. The van der Waals surface area contributed by atoms with E-state index in [9.17, 15) is 17.3 Å². The van der Waals surface area contributed by atoms with Crippen LogP contribution in [-0.4, -0.2) is 40.5 Å². The van der Waals surface area contributed by atoms with Gasteiger partial charge in [-0.05, 0) is 12.5 Å². The molecule has 0 aromatic heterocycles. The van der Waals surface area contributed by atoms with Gasteiger partial charge in [0.1, 0.15) is 12.4 Å². The van der Waals surface area contributed by atoms with Gasteiger partial charge in [-0.25, -0.2) is 4.39 Å². The van der Waals surface area contributed by atoms with E-state index >= 15 is 0 Å². The third-order valence-electron chi connectivity index (χ3n) is 2.46. The maximum Gasteiger partial charge on any atom is 0.512 e. The Morgan fingerprint density at radius 1 is 1.05 bits per heavy atom. The first-order valence-electron chi connectivity index (χ1n) is 6.14. The van der Waals surface area contributed by atoms with Crippen LogP contribution in [0.25, 0.3) is 0 Å². The average Bonchev–Trinajstić information content (AvgIpc) is 2.36. The number of rotatable bonds is 9. The van der Waals surface area contributed by atoms with Gasteiger partial charge in [0.25, 0.3) is 0 Å². The molecule has 0 aliphatic heterocycles. The van der Waals surface area contributed by atoms with Crippen molar-refractivity contribution in [3.05, 3.63) is 24.0 Å². The summed E-state index contributed by atoms with van der Waals surface area (Å²) in [6.45, 7) is -3.83. The maximum atomic E-state index is 13.2. The normalized spacial score (nSPS) is 11.7. The fourth-order valence-electron chi connectivity index (χ4n) is 1.49. The largest absolute Gasteiger partial charge is 0.512 e. The molecule has 0 aliphatic rings. The van der Waals surface area contributed by atoms with E-state index in [1.807, 2.05) is 0 Å². The highest BCUT2D eigenvalue weighted by atomic mass is 19.4. The third-order valence-corrected chi connectivity index (χ3v) is 2.46. The highest BCUT2D eigenvalue weighted by molar-refractivity contribution is 6.73. The number of hydrogen-bond donors (Lipinski definition) is 0. The van der Waals surface area contributed by atoms with Crippen molar-refractivity contribution in [2.45, 2.75) is 6.42 Å². The van der Waals surface area contributed by atoms with Gasteiger partial charge in [0, 0.05) is 26.4 Å². The molecule has 0 aliphatic carbocycles. The number of benzene rings is 1. The van der Waals surface area contributed by atoms with Crippen LogP contribution in [0.1, 0.15) is 6.42 Å². The molecule has 1 aromatic carbocycles. The molecule has 0 bridgehead atoms. The van der Waals surface area contributed by atoms with E-state index in [-0.39, 0.29) is 19.0 Å². The Hall–Kier alpha value is -1.28. The molecule has 0 unspecified atom stereocenters. The summed E-state index contributed by atoms with van der Waals surface area (Å²) in [6.07, 6.45) is 0.744. The van der Waals surface area contributed by atoms with Crippen LogP contribution in [-0.2, 0) is 9.47 Å². The van der Waals surface area contributed by atoms with Crippen LogP contribution in [0.2, 0.25) is 0 Å². The second-order valence-corrected chi connectivity index (χ2v) is 4.07. The van der Waals surface area contributed by atoms with E-state index in [0.717, 1.165) is 18.6 Å². The molecule has 0 spiro atoms. The monoisotopic (exact) mass is 295 g/mol. The Morgan fingerprint density at radius 2 is 1.80 bits per heavy atom. The molecule has 0 radical (unpaired) electrons. The summed E-state index contributed by atoms with van der Waals surface area (Å²) < 4.78 is 65.5. The van der Waals surface area contributed by atoms with Crippen LogP contribution in [0.15, 0.2) is 18.2 Å². The molecule has 1 rings (SSSR count). The molecule has 3 nitrogen and oxygen atoms in total. The van der Waals surface area contributed by atoms with E-state index in [0.29, 0.717) is 19.3 Å². The van der Waals surface area contributed by atoms with Crippen molar-refractivity contribution in [1.29, 1.82) is 0 Å². The molecule has 8 heteroatoms. The molecule has 0 fully saturated rings. The van der Waals surface area contributed by atoms with E-state index in [4.69, 9.17) is 14.2 Å². The van der Waals surface area contributed by atoms with Gasteiger partial charge < -0.3 is 27.2 Å². The molecule has 0 heterocycles. The number of methoxy groups -OCH3 is 1. The van der Waals surface area contributed by atoms with E-state index < -0.39 is 18.3 Å². The third kappa shape index (κ3) is 5.79. The van der Waals surface area contributed by atoms with Gasteiger partial charge in [0.2, 0.25) is 0 Å². The van der Waals surface area contributed by atoms with Gasteiger partial charge in [-0.15, -0.1) is 0 Å². The number of halogens is 4. The lowest BCUT2D eigenvalue weighted by Crippen LogP contribution is -2.36. The van der Waals surface area contributed by atoms with Gasteiger partial charge in [-0.2, -0.15) is 0 Å². The second-order valence-electron chi connectivity index (χ2n) is 4.07. The zero-order valence-corrected chi connectivity index (χ0v) is 11.1. The molecule has 1 aromatic rings. The predicted molar refractivity (Wildman–Crippen MR) is 67.9 cm³/mol. The van der Waals surface area contributed by atoms with Gasteiger partial charge in [0.05, 0.1) is 12.4 Å². The van der Waals surface area contributed by atoms with Crippen molar-refractivity contribution in [3.8, 4) is 5.75 Å². The first-order valence-corrected chi connectivity index (χ1v) is 6.14. The number of hydrogen-bond acceptors (Lipinski definition) is 3. The fourth-order valence-corrected chi connectivity index (χ4v) is 1.49. The predicted octanol–water partition coefficient (Wildman–Crippen LogP) is 2.31. The Bertz CT molecular complexity index is 412. The smallest absolute Gasteiger partial charge is 0.491 e. The van der Waals surface area contributed by atoms with Crippen molar-refractivity contribution in [1.82, 2.24) is 0 Å². The first-order chi connectivity index (χ1) is 9.45. The summed E-state index contributed by atoms with van der Waals surface area (Å²) in [4.78, 5) is 0. The lowest BCUT2D eigenvalue weighted by atomic mass is 9.80. The minimum atomic E-state index is -5.34. The van der Waals surface area contributed by atoms with Crippen LogP contribution in [0.3, 0.4) is 0 Å². The molecule has 0 saturated carbocycles. The van der Waals surface area contributed by atoms with E-state index in [1.165, 1.54) is 0 Å². The molecule has 114 valence electrons. The SMILES string of the molecule is COCCCOCCOc1ccc([B-](F)(F)F)c(F)c1. The Kier molecular flexibility index (Phi) is 6.80. The maximum absolute atomic E-state index is 13.2. The minimum Gasteiger partial charge on any atom is -0.491 e. The van der Waals surface area contributed by atoms with Gasteiger partial charge >= 0.3 is 6.98 Å². The van der Waals surface area contributed by atoms with Gasteiger partial charge in [-0.1, -0.05) is 11.5 Å². The van der Waals surface area contributed by atoms with Crippen LogP contribution >= 0.6 is 0 Å². The lowest BCUT2D eigenvalue weighted by molar-refractivity contribution is 0.0806. The molecule has 0 atom stereocenters. The van der Waals surface area contributed by atoms with Crippen LogP contribution in [0, 0.1) is 5.82 Å². The molecule has 0 N–H and O–H groups in total. The lowest BCUT2D eigenvalue weighted by Gasteiger charge is -2.16. The van der Waals surface area contributed by atoms with Crippen molar-refractivity contribution < 1.29 is 31.5 Å². The molecular weight excluding hydrogens is 279 g/mol. The van der Waals surface area contributed by atoms with Crippen molar-refractivity contribution in [2.24, 2.45) is 0 Å². The Morgan fingerprint density at radius 3 is 2.40 bits per heavy atom. The molecule has 0 saturated heterocycles.